The predicted molar refractivity (Wildman–Crippen MR) is 59.5 cm³/mol. The van der Waals surface area contributed by atoms with Gasteiger partial charge in [-0.2, -0.15) is 0 Å². The molecule has 4 heteroatoms. The molecule has 0 spiro atoms. The Balaban J connectivity index is 0.00000169. The Morgan fingerprint density at radius 1 is 1.43 bits per heavy atom. The van der Waals surface area contributed by atoms with Gasteiger partial charge < -0.3 is 10.4 Å². The molecule has 0 aliphatic rings. The highest BCUT2D eigenvalue weighted by molar-refractivity contribution is 5.85. The third-order valence-electron chi connectivity index (χ3n) is 2.06. The third kappa shape index (κ3) is 4.56. The smallest absolute Gasteiger partial charge is 0.0584 e. The van der Waals surface area contributed by atoms with Crippen LogP contribution in [0.15, 0.2) is 24.5 Å². The van der Waals surface area contributed by atoms with Crippen molar-refractivity contribution in [1.82, 2.24) is 10.3 Å². The molecule has 0 saturated heterocycles. The quantitative estimate of drug-likeness (QED) is 0.782. The monoisotopic (exact) mass is 216 g/mol. The van der Waals surface area contributed by atoms with Crippen molar-refractivity contribution >= 4 is 12.4 Å². The Labute approximate surface area is 91.0 Å². The molecule has 0 aliphatic heterocycles. The number of halogens is 1. The Morgan fingerprint density at radius 3 is 2.57 bits per heavy atom. The number of aromatic nitrogens is 1. The second-order valence-electron chi connectivity index (χ2n) is 3.02. The van der Waals surface area contributed by atoms with E-state index in [-0.39, 0.29) is 25.1 Å². The maximum absolute atomic E-state index is 8.93. The fourth-order valence-electron chi connectivity index (χ4n) is 1.10. The summed E-state index contributed by atoms with van der Waals surface area (Å²) in [5, 5.41) is 12.2. The summed E-state index contributed by atoms with van der Waals surface area (Å²) < 4.78 is 0. The molecule has 2 N–H and O–H groups in total. The van der Waals surface area contributed by atoms with E-state index in [9.17, 15) is 0 Å². The molecule has 1 aromatic heterocycles. The van der Waals surface area contributed by atoms with Crippen LogP contribution in [0.5, 0.6) is 0 Å². The molecule has 0 fully saturated rings. The van der Waals surface area contributed by atoms with E-state index in [1.807, 2.05) is 12.1 Å². The Kier molecular flexibility index (Phi) is 7.38. The highest BCUT2D eigenvalue weighted by Crippen LogP contribution is 1.97. The summed E-state index contributed by atoms with van der Waals surface area (Å²) in [7, 11) is 0. The van der Waals surface area contributed by atoms with Gasteiger partial charge in [-0.1, -0.05) is 6.92 Å². The van der Waals surface area contributed by atoms with Crippen LogP contribution in [0.25, 0.3) is 0 Å². The highest BCUT2D eigenvalue weighted by Gasteiger charge is 2.02. The van der Waals surface area contributed by atoms with Gasteiger partial charge in [0.15, 0.2) is 0 Å². The molecular weight excluding hydrogens is 200 g/mol. The van der Waals surface area contributed by atoms with E-state index < -0.39 is 0 Å². The molecule has 0 aromatic carbocycles. The van der Waals surface area contributed by atoms with Crippen LogP contribution in [0.2, 0.25) is 0 Å². The van der Waals surface area contributed by atoms with E-state index in [0.717, 1.165) is 13.0 Å². The standard InChI is InChI=1S/C10H16N2O.ClH/c1-2-10(8-13)12-7-9-3-5-11-6-4-9;/h3-6,10,12-13H,2,7-8H2,1H3;1H. The van der Waals surface area contributed by atoms with E-state index in [4.69, 9.17) is 5.11 Å². The molecule has 0 radical (unpaired) electrons. The minimum Gasteiger partial charge on any atom is -0.395 e. The largest absolute Gasteiger partial charge is 0.395 e. The van der Waals surface area contributed by atoms with Gasteiger partial charge >= 0.3 is 0 Å². The van der Waals surface area contributed by atoms with Gasteiger partial charge in [0, 0.05) is 25.0 Å². The fourth-order valence-corrected chi connectivity index (χ4v) is 1.10. The number of hydrogen-bond acceptors (Lipinski definition) is 3. The number of nitrogens with zero attached hydrogens (tertiary/aromatic N) is 1. The summed E-state index contributed by atoms with van der Waals surface area (Å²) in [5.41, 5.74) is 1.20. The summed E-state index contributed by atoms with van der Waals surface area (Å²) >= 11 is 0. The van der Waals surface area contributed by atoms with E-state index >= 15 is 0 Å². The predicted octanol–water partition coefficient (Wildman–Crippen LogP) is 1.36. The van der Waals surface area contributed by atoms with Crippen molar-refractivity contribution in [3.8, 4) is 0 Å². The third-order valence-corrected chi connectivity index (χ3v) is 2.06. The molecule has 0 aliphatic carbocycles. The van der Waals surface area contributed by atoms with Crippen LogP contribution in [0.3, 0.4) is 0 Å². The van der Waals surface area contributed by atoms with Gasteiger partial charge in [-0.25, -0.2) is 0 Å². The average molecular weight is 217 g/mol. The van der Waals surface area contributed by atoms with Crippen molar-refractivity contribution < 1.29 is 5.11 Å². The SMILES string of the molecule is CCC(CO)NCc1ccncc1.Cl. The number of aliphatic hydroxyl groups excluding tert-OH is 1. The molecule has 0 bridgehead atoms. The van der Waals surface area contributed by atoms with Crippen molar-refractivity contribution in [3.63, 3.8) is 0 Å². The summed E-state index contributed by atoms with van der Waals surface area (Å²) in [6.07, 6.45) is 4.50. The van der Waals surface area contributed by atoms with Gasteiger partial charge in [0.25, 0.3) is 0 Å². The van der Waals surface area contributed by atoms with E-state index in [1.54, 1.807) is 12.4 Å². The second-order valence-corrected chi connectivity index (χ2v) is 3.02. The van der Waals surface area contributed by atoms with Crippen LogP contribution in [0, 0.1) is 0 Å². The first kappa shape index (κ1) is 13.4. The van der Waals surface area contributed by atoms with Crippen molar-refractivity contribution in [2.24, 2.45) is 0 Å². The number of aliphatic hydroxyl groups is 1. The average Bonchev–Trinajstić information content (AvgIpc) is 2.21. The summed E-state index contributed by atoms with van der Waals surface area (Å²) in [6.45, 7) is 3.05. The lowest BCUT2D eigenvalue weighted by atomic mass is 10.2. The van der Waals surface area contributed by atoms with Crippen LogP contribution >= 0.6 is 12.4 Å². The topological polar surface area (TPSA) is 45.1 Å². The lowest BCUT2D eigenvalue weighted by molar-refractivity contribution is 0.238. The van der Waals surface area contributed by atoms with E-state index in [0.29, 0.717) is 0 Å². The number of nitrogens with one attached hydrogen (secondary N) is 1. The zero-order valence-electron chi connectivity index (χ0n) is 8.31. The van der Waals surface area contributed by atoms with Gasteiger partial charge in [0.1, 0.15) is 0 Å². The summed E-state index contributed by atoms with van der Waals surface area (Å²) in [6, 6.07) is 4.14. The minimum absolute atomic E-state index is 0. The molecule has 1 atom stereocenters. The van der Waals surface area contributed by atoms with Crippen LogP contribution in [0.1, 0.15) is 18.9 Å². The van der Waals surface area contributed by atoms with Gasteiger partial charge in [-0.3, -0.25) is 4.98 Å². The molecule has 1 heterocycles. The first-order valence-corrected chi connectivity index (χ1v) is 4.60. The van der Waals surface area contributed by atoms with Crippen molar-refractivity contribution in [1.29, 1.82) is 0 Å². The van der Waals surface area contributed by atoms with Crippen LogP contribution < -0.4 is 5.32 Å². The maximum Gasteiger partial charge on any atom is 0.0584 e. The van der Waals surface area contributed by atoms with E-state index in [1.165, 1.54) is 5.56 Å². The Hall–Kier alpha value is -0.640. The van der Waals surface area contributed by atoms with Crippen molar-refractivity contribution in [2.75, 3.05) is 6.61 Å². The van der Waals surface area contributed by atoms with Crippen LogP contribution in [-0.2, 0) is 6.54 Å². The molecular formula is C10H17ClN2O. The molecule has 1 aromatic rings. The molecule has 0 amide bonds. The number of pyridine rings is 1. The molecule has 0 saturated carbocycles. The van der Waals surface area contributed by atoms with Gasteiger partial charge in [-0.05, 0) is 24.1 Å². The minimum atomic E-state index is 0. The number of rotatable bonds is 5. The van der Waals surface area contributed by atoms with Crippen molar-refractivity contribution in [2.45, 2.75) is 25.9 Å². The Morgan fingerprint density at radius 2 is 2.07 bits per heavy atom. The molecule has 1 unspecified atom stereocenters. The lowest BCUT2D eigenvalue weighted by Gasteiger charge is -2.13. The summed E-state index contributed by atoms with van der Waals surface area (Å²) in [4.78, 5) is 3.94. The maximum atomic E-state index is 8.93. The first-order valence-electron chi connectivity index (χ1n) is 4.60. The highest BCUT2D eigenvalue weighted by atomic mass is 35.5. The first-order chi connectivity index (χ1) is 6.36. The Bertz CT molecular complexity index is 227. The zero-order valence-corrected chi connectivity index (χ0v) is 9.13. The number of hydrogen-bond donors (Lipinski definition) is 2. The molecule has 3 nitrogen and oxygen atoms in total. The van der Waals surface area contributed by atoms with Crippen LogP contribution in [-0.4, -0.2) is 22.7 Å². The van der Waals surface area contributed by atoms with Gasteiger partial charge in [-0.15, -0.1) is 12.4 Å². The van der Waals surface area contributed by atoms with Gasteiger partial charge in [0.2, 0.25) is 0 Å². The lowest BCUT2D eigenvalue weighted by Crippen LogP contribution is -2.31. The molecule has 14 heavy (non-hydrogen) atoms. The van der Waals surface area contributed by atoms with Crippen LogP contribution in [0.4, 0.5) is 0 Å². The molecule has 80 valence electrons. The van der Waals surface area contributed by atoms with Crippen molar-refractivity contribution in [3.05, 3.63) is 30.1 Å². The summed E-state index contributed by atoms with van der Waals surface area (Å²) in [5.74, 6) is 0. The fraction of sp³-hybridized carbons (Fsp3) is 0.500. The van der Waals surface area contributed by atoms with E-state index in [2.05, 4.69) is 17.2 Å². The zero-order chi connectivity index (χ0) is 9.52. The normalized spacial score (nSPS) is 11.9. The van der Waals surface area contributed by atoms with Gasteiger partial charge in [0.05, 0.1) is 6.61 Å². The second kappa shape index (κ2) is 7.74. The molecule has 1 rings (SSSR count).